The van der Waals surface area contributed by atoms with Gasteiger partial charge in [-0.2, -0.15) is 0 Å². The Morgan fingerprint density at radius 3 is 2.45 bits per heavy atom. The monoisotopic (exact) mass is 271 g/mol. The fraction of sp³-hybridized carbons (Fsp3) is 0.312. The molecule has 1 aromatic carbocycles. The van der Waals surface area contributed by atoms with Crippen molar-refractivity contribution in [1.29, 1.82) is 0 Å². The summed E-state index contributed by atoms with van der Waals surface area (Å²) in [4.78, 5) is 4.40. The molecule has 0 bridgehead atoms. The van der Waals surface area contributed by atoms with Gasteiger partial charge in [0.25, 0.3) is 0 Å². The molecular weight excluding hydrogens is 250 g/mol. The molecule has 106 valence electrons. The quantitative estimate of drug-likeness (QED) is 0.648. The Labute approximate surface area is 120 Å². The first kappa shape index (κ1) is 14.5. The van der Waals surface area contributed by atoms with Gasteiger partial charge in [0, 0.05) is 17.0 Å². The lowest BCUT2D eigenvalue weighted by molar-refractivity contribution is 0.333. The number of hydrazine groups is 1. The molecule has 2 rings (SSSR count). The number of hydrogen-bond acceptors (Lipinski definition) is 4. The zero-order valence-electron chi connectivity index (χ0n) is 12.2. The lowest BCUT2D eigenvalue weighted by Gasteiger charge is -2.20. The van der Waals surface area contributed by atoms with E-state index in [9.17, 15) is 0 Å². The Balaban J connectivity index is 2.46. The topological polar surface area (TPSA) is 60.2 Å². The SMILES string of the molecule is CCOc1ccccc1C(NN)c1cc(C)nc(C)c1. The second-order valence-electron chi connectivity index (χ2n) is 4.75. The lowest BCUT2D eigenvalue weighted by Crippen LogP contribution is -2.29. The van der Waals surface area contributed by atoms with Gasteiger partial charge in [-0.15, -0.1) is 0 Å². The van der Waals surface area contributed by atoms with Gasteiger partial charge in [-0.1, -0.05) is 18.2 Å². The van der Waals surface area contributed by atoms with E-state index in [2.05, 4.69) is 10.4 Å². The molecular formula is C16H21N3O. The summed E-state index contributed by atoms with van der Waals surface area (Å²) in [5.74, 6) is 6.63. The molecule has 1 unspecified atom stereocenters. The third-order valence-corrected chi connectivity index (χ3v) is 3.13. The van der Waals surface area contributed by atoms with E-state index in [1.54, 1.807) is 0 Å². The van der Waals surface area contributed by atoms with Gasteiger partial charge >= 0.3 is 0 Å². The van der Waals surface area contributed by atoms with Crippen molar-refractivity contribution in [2.45, 2.75) is 26.8 Å². The number of nitrogens with one attached hydrogen (secondary N) is 1. The minimum absolute atomic E-state index is 0.113. The van der Waals surface area contributed by atoms with E-state index in [4.69, 9.17) is 10.6 Å². The maximum atomic E-state index is 5.78. The number of aromatic nitrogens is 1. The Hall–Kier alpha value is -1.91. The van der Waals surface area contributed by atoms with Gasteiger partial charge in [-0.3, -0.25) is 10.8 Å². The highest BCUT2D eigenvalue weighted by Crippen LogP contribution is 2.30. The molecule has 4 nitrogen and oxygen atoms in total. The first-order chi connectivity index (χ1) is 9.65. The summed E-state index contributed by atoms with van der Waals surface area (Å²) in [6.07, 6.45) is 0. The molecule has 2 aromatic rings. The third kappa shape index (κ3) is 3.15. The first-order valence-electron chi connectivity index (χ1n) is 6.78. The van der Waals surface area contributed by atoms with Crippen LogP contribution in [0.5, 0.6) is 5.75 Å². The minimum atomic E-state index is -0.113. The molecule has 3 N–H and O–H groups in total. The summed E-state index contributed by atoms with van der Waals surface area (Å²) in [6.45, 7) is 6.57. The predicted octanol–water partition coefficient (Wildman–Crippen LogP) is 2.65. The number of nitrogens with two attached hydrogens (primary N) is 1. The van der Waals surface area contributed by atoms with E-state index in [0.29, 0.717) is 6.61 Å². The molecule has 1 atom stereocenters. The lowest BCUT2D eigenvalue weighted by atomic mass is 9.98. The zero-order valence-corrected chi connectivity index (χ0v) is 12.2. The number of benzene rings is 1. The normalized spacial score (nSPS) is 12.2. The molecule has 20 heavy (non-hydrogen) atoms. The van der Waals surface area contributed by atoms with E-state index >= 15 is 0 Å². The number of para-hydroxylation sites is 1. The summed E-state index contributed by atoms with van der Waals surface area (Å²) in [6, 6.07) is 11.9. The van der Waals surface area contributed by atoms with Crippen molar-refractivity contribution in [1.82, 2.24) is 10.4 Å². The van der Waals surface area contributed by atoms with Gasteiger partial charge in [-0.25, -0.2) is 5.43 Å². The largest absolute Gasteiger partial charge is 0.494 e. The number of ether oxygens (including phenoxy) is 1. The summed E-state index contributed by atoms with van der Waals surface area (Å²) < 4.78 is 5.69. The van der Waals surface area contributed by atoms with Crippen LogP contribution in [0.3, 0.4) is 0 Å². The maximum absolute atomic E-state index is 5.78. The van der Waals surface area contributed by atoms with Gasteiger partial charge < -0.3 is 4.74 Å². The van der Waals surface area contributed by atoms with E-state index < -0.39 is 0 Å². The molecule has 4 heteroatoms. The van der Waals surface area contributed by atoms with E-state index in [0.717, 1.165) is 28.3 Å². The Kier molecular flexibility index (Phi) is 4.71. The van der Waals surface area contributed by atoms with E-state index in [1.165, 1.54) is 0 Å². The molecule has 0 saturated heterocycles. The Morgan fingerprint density at radius 2 is 1.85 bits per heavy atom. The second-order valence-corrected chi connectivity index (χ2v) is 4.75. The summed E-state index contributed by atoms with van der Waals surface area (Å²) in [7, 11) is 0. The van der Waals surface area contributed by atoms with Crippen LogP contribution in [-0.2, 0) is 0 Å². The van der Waals surface area contributed by atoms with Gasteiger partial charge in [0.1, 0.15) is 5.75 Å². The van der Waals surface area contributed by atoms with E-state index in [-0.39, 0.29) is 6.04 Å². The van der Waals surface area contributed by atoms with Gasteiger partial charge in [0.05, 0.1) is 12.6 Å². The molecule has 0 amide bonds. The number of rotatable bonds is 5. The first-order valence-corrected chi connectivity index (χ1v) is 6.78. The van der Waals surface area contributed by atoms with Crippen molar-refractivity contribution in [2.75, 3.05) is 6.61 Å². The molecule has 0 fully saturated rings. The van der Waals surface area contributed by atoms with Crippen molar-refractivity contribution in [2.24, 2.45) is 5.84 Å². The summed E-state index contributed by atoms with van der Waals surface area (Å²) in [5.41, 5.74) is 6.96. The second kappa shape index (κ2) is 6.50. The minimum Gasteiger partial charge on any atom is -0.494 e. The van der Waals surface area contributed by atoms with E-state index in [1.807, 2.05) is 57.2 Å². The Bertz CT molecular complexity index is 563. The fourth-order valence-electron chi connectivity index (χ4n) is 2.40. The zero-order chi connectivity index (χ0) is 14.5. The van der Waals surface area contributed by atoms with Crippen molar-refractivity contribution in [3.63, 3.8) is 0 Å². The van der Waals surface area contributed by atoms with Crippen LogP contribution in [0.15, 0.2) is 36.4 Å². The molecule has 0 spiro atoms. The number of pyridine rings is 1. The standard InChI is InChI=1S/C16H21N3O/c1-4-20-15-8-6-5-7-14(15)16(19-17)13-9-11(2)18-12(3)10-13/h5-10,16,19H,4,17H2,1-3H3. The fourth-order valence-corrected chi connectivity index (χ4v) is 2.40. The van der Waals surface area contributed by atoms with Crippen LogP contribution in [0.25, 0.3) is 0 Å². The highest BCUT2D eigenvalue weighted by atomic mass is 16.5. The van der Waals surface area contributed by atoms with Crippen LogP contribution in [0.1, 0.15) is 35.5 Å². The average Bonchev–Trinajstić information content (AvgIpc) is 2.41. The van der Waals surface area contributed by atoms with Gasteiger partial charge in [0.15, 0.2) is 0 Å². The van der Waals surface area contributed by atoms with Crippen molar-refractivity contribution in [3.8, 4) is 5.75 Å². The number of nitrogens with zero attached hydrogens (tertiary/aromatic N) is 1. The average molecular weight is 271 g/mol. The highest BCUT2D eigenvalue weighted by Gasteiger charge is 2.17. The van der Waals surface area contributed by atoms with Crippen LogP contribution < -0.4 is 16.0 Å². The predicted molar refractivity (Wildman–Crippen MR) is 80.5 cm³/mol. The molecule has 0 aliphatic rings. The molecule has 1 heterocycles. The number of hydrogen-bond donors (Lipinski definition) is 2. The molecule has 1 aromatic heterocycles. The van der Waals surface area contributed by atoms with Crippen molar-refractivity contribution >= 4 is 0 Å². The highest BCUT2D eigenvalue weighted by molar-refractivity contribution is 5.42. The molecule has 0 aliphatic heterocycles. The van der Waals surface area contributed by atoms with Crippen LogP contribution in [0.2, 0.25) is 0 Å². The van der Waals surface area contributed by atoms with Gasteiger partial charge in [-0.05, 0) is 44.5 Å². The van der Waals surface area contributed by atoms with Gasteiger partial charge in [0.2, 0.25) is 0 Å². The smallest absolute Gasteiger partial charge is 0.124 e. The van der Waals surface area contributed by atoms with Crippen LogP contribution >= 0.6 is 0 Å². The number of aryl methyl sites for hydroxylation is 2. The van der Waals surface area contributed by atoms with Crippen molar-refractivity contribution < 1.29 is 4.74 Å². The van der Waals surface area contributed by atoms with Crippen molar-refractivity contribution in [3.05, 3.63) is 58.9 Å². The van der Waals surface area contributed by atoms with Crippen LogP contribution in [0, 0.1) is 13.8 Å². The summed E-state index contributed by atoms with van der Waals surface area (Å²) >= 11 is 0. The molecule has 0 saturated carbocycles. The maximum Gasteiger partial charge on any atom is 0.124 e. The van der Waals surface area contributed by atoms with Crippen LogP contribution in [-0.4, -0.2) is 11.6 Å². The molecule has 0 aliphatic carbocycles. The van der Waals surface area contributed by atoms with Crippen LogP contribution in [0.4, 0.5) is 0 Å². The molecule has 0 radical (unpaired) electrons. The Morgan fingerprint density at radius 1 is 1.20 bits per heavy atom. The summed E-state index contributed by atoms with van der Waals surface area (Å²) in [5, 5.41) is 0. The third-order valence-electron chi connectivity index (χ3n) is 3.13.